The van der Waals surface area contributed by atoms with Crippen molar-refractivity contribution in [2.45, 2.75) is 25.7 Å². The van der Waals surface area contributed by atoms with Crippen molar-refractivity contribution in [3.8, 4) is 11.4 Å². The highest BCUT2D eigenvalue weighted by molar-refractivity contribution is 7.89. The average Bonchev–Trinajstić information content (AvgIpc) is 2.81. The van der Waals surface area contributed by atoms with Crippen LogP contribution in [0.25, 0.3) is 11.4 Å². The van der Waals surface area contributed by atoms with Gasteiger partial charge in [0.1, 0.15) is 11.6 Å². The lowest BCUT2D eigenvalue weighted by atomic mass is 10.1. The van der Waals surface area contributed by atoms with E-state index in [0.717, 1.165) is 17.1 Å². The number of nitrogens with one attached hydrogen (secondary N) is 1. The second-order valence-corrected chi connectivity index (χ2v) is 10.1. The van der Waals surface area contributed by atoms with Crippen molar-refractivity contribution in [1.82, 2.24) is 14.3 Å². The first kappa shape index (κ1) is 23.8. The van der Waals surface area contributed by atoms with Gasteiger partial charge in [-0.25, -0.2) is 22.8 Å². The lowest BCUT2D eigenvalue weighted by molar-refractivity contribution is -0.114. The Balaban J connectivity index is 1.52. The first-order chi connectivity index (χ1) is 16.1. The number of sulfonamides is 1. The highest BCUT2D eigenvalue weighted by atomic mass is 32.2. The van der Waals surface area contributed by atoms with Crippen molar-refractivity contribution in [2.75, 3.05) is 36.4 Å². The maximum Gasteiger partial charge on any atom is 0.243 e. The molecule has 0 unspecified atom stereocenters. The lowest BCUT2D eigenvalue weighted by Gasteiger charge is -2.35. The van der Waals surface area contributed by atoms with Gasteiger partial charge in [-0.15, -0.1) is 0 Å². The van der Waals surface area contributed by atoms with Gasteiger partial charge in [-0.3, -0.25) is 4.79 Å². The zero-order valence-corrected chi connectivity index (χ0v) is 20.1. The van der Waals surface area contributed by atoms with Crippen molar-refractivity contribution >= 4 is 27.4 Å². The molecule has 0 radical (unpaired) electrons. The van der Waals surface area contributed by atoms with Crippen molar-refractivity contribution < 1.29 is 17.6 Å². The van der Waals surface area contributed by atoms with E-state index in [2.05, 4.69) is 10.3 Å². The van der Waals surface area contributed by atoms with E-state index in [1.54, 1.807) is 24.3 Å². The molecule has 1 fully saturated rings. The van der Waals surface area contributed by atoms with E-state index >= 15 is 0 Å². The number of hydrogen-bond acceptors (Lipinski definition) is 6. The van der Waals surface area contributed by atoms with Gasteiger partial charge in [-0.2, -0.15) is 4.31 Å². The molecule has 0 bridgehead atoms. The number of carbonyl (C=O) groups excluding carboxylic acids is 1. The second kappa shape index (κ2) is 9.47. The van der Waals surface area contributed by atoms with Crippen LogP contribution in [-0.2, 0) is 14.8 Å². The molecule has 34 heavy (non-hydrogen) atoms. The molecule has 0 aliphatic carbocycles. The second-order valence-electron chi connectivity index (χ2n) is 8.19. The van der Waals surface area contributed by atoms with E-state index in [-0.39, 0.29) is 16.6 Å². The Labute approximate surface area is 198 Å². The minimum absolute atomic E-state index is 0.178. The number of nitrogens with zero attached hydrogens (tertiary/aromatic N) is 4. The van der Waals surface area contributed by atoms with Crippen LogP contribution in [0.5, 0.6) is 0 Å². The van der Waals surface area contributed by atoms with E-state index in [9.17, 15) is 17.6 Å². The standard InChI is InChI=1S/C24H26FN5O3S/c1-16-17(2)26-23(19-5-4-6-20(25)15-19)28-24(16)29-11-13-30(14-12-29)34(32,33)22-9-7-21(8-10-22)27-18(3)31/h4-10,15H,11-14H2,1-3H3,(H,27,31). The molecule has 4 rings (SSSR count). The minimum Gasteiger partial charge on any atom is -0.354 e. The Bertz CT molecular complexity index is 1320. The molecule has 2 aromatic carbocycles. The zero-order chi connectivity index (χ0) is 24.5. The third-order valence-electron chi connectivity index (χ3n) is 5.80. The molecule has 1 amide bonds. The molecule has 1 aromatic heterocycles. The van der Waals surface area contributed by atoms with Gasteiger partial charge in [0.25, 0.3) is 0 Å². The van der Waals surface area contributed by atoms with Crippen LogP contribution >= 0.6 is 0 Å². The fourth-order valence-corrected chi connectivity index (χ4v) is 5.30. The number of anilines is 2. The Morgan fingerprint density at radius 3 is 2.29 bits per heavy atom. The summed E-state index contributed by atoms with van der Waals surface area (Å²) in [6.45, 7) is 6.73. The van der Waals surface area contributed by atoms with Gasteiger partial charge in [-0.1, -0.05) is 12.1 Å². The van der Waals surface area contributed by atoms with Crippen LogP contribution in [0.4, 0.5) is 15.9 Å². The van der Waals surface area contributed by atoms with Crippen LogP contribution in [-0.4, -0.2) is 54.8 Å². The Morgan fingerprint density at radius 1 is 1.00 bits per heavy atom. The molecule has 0 atom stereocenters. The molecule has 1 aliphatic rings. The quantitative estimate of drug-likeness (QED) is 0.598. The van der Waals surface area contributed by atoms with Gasteiger partial charge in [0.05, 0.1) is 4.90 Å². The first-order valence-electron chi connectivity index (χ1n) is 10.9. The van der Waals surface area contributed by atoms with Crippen LogP contribution in [0.1, 0.15) is 18.2 Å². The summed E-state index contributed by atoms with van der Waals surface area (Å²) < 4.78 is 41.4. The van der Waals surface area contributed by atoms with Gasteiger partial charge in [0.2, 0.25) is 15.9 Å². The summed E-state index contributed by atoms with van der Waals surface area (Å²) >= 11 is 0. The number of aromatic nitrogens is 2. The van der Waals surface area contributed by atoms with Crippen LogP contribution in [0.15, 0.2) is 53.4 Å². The fourth-order valence-electron chi connectivity index (χ4n) is 3.88. The lowest BCUT2D eigenvalue weighted by Crippen LogP contribution is -2.49. The summed E-state index contributed by atoms with van der Waals surface area (Å²) in [5.41, 5.74) is 2.83. The molecule has 1 N–H and O–H groups in total. The number of piperazine rings is 1. The summed E-state index contributed by atoms with van der Waals surface area (Å²) in [7, 11) is -3.67. The van der Waals surface area contributed by atoms with Crippen LogP contribution in [0, 0.1) is 19.7 Å². The van der Waals surface area contributed by atoms with E-state index in [0.29, 0.717) is 43.3 Å². The molecule has 10 heteroatoms. The third-order valence-corrected chi connectivity index (χ3v) is 7.71. The molecule has 1 saturated heterocycles. The smallest absolute Gasteiger partial charge is 0.243 e. The van der Waals surface area contributed by atoms with E-state index in [4.69, 9.17) is 4.98 Å². The van der Waals surface area contributed by atoms with Crippen molar-refractivity contribution in [3.63, 3.8) is 0 Å². The van der Waals surface area contributed by atoms with Gasteiger partial charge in [0, 0.05) is 55.6 Å². The van der Waals surface area contributed by atoms with Gasteiger partial charge in [0.15, 0.2) is 5.82 Å². The molecule has 0 spiro atoms. The summed E-state index contributed by atoms with van der Waals surface area (Å²) in [6.07, 6.45) is 0. The maximum atomic E-state index is 13.7. The van der Waals surface area contributed by atoms with Crippen molar-refractivity contribution in [1.29, 1.82) is 0 Å². The molecule has 3 aromatic rings. The van der Waals surface area contributed by atoms with Crippen molar-refractivity contribution in [2.24, 2.45) is 0 Å². The van der Waals surface area contributed by atoms with E-state index in [1.807, 2.05) is 18.7 Å². The monoisotopic (exact) mass is 483 g/mol. The Kier molecular flexibility index (Phi) is 6.63. The number of rotatable bonds is 5. The summed E-state index contributed by atoms with van der Waals surface area (Å²) in [5, 5.41) is 2.63. The third kappa shape index (κ3) is 4.92. The summed E-state index contributed by atoms with van der Waals surface area (Å²) in [4.78, 5) is 22.6. The number of aryl methyl sites for hydroxylation is 1. The minimum atomic E-state index is -3.67. The number of benzene rings is 2. The molecule has 0 saturated carbocycles. The predicted molar refractivity (Wildman–Crippen MR) is 129 cm³/mol. The highest BCUT2D eigenvalue weighted by Crippen LogP contribution is 2.27. The van der Waals surface area contributed by atoms with E-state index in [1.165, 1.54) is 35.5 Å². The summed E-state index contributed by atoms with van der Waals surface area (Å²) in [6, 6.07) is 12.3. The highest BCUT2D eigenvalue weighted by Gasteiger charge is 2.30. The Morgan fingerprint density at radius 2 is 1.68 bits per heavy atom. The topological polar surface area (TPSA) is 95.5 Å². The maximum absolute atomic E-state index is 13.7. The number of carbonyl (C=O) groups is 1. The van der Waals surface area contributed by atoms with Gasteiger partial charge < -0.3 is 10.2 Å². The van der Waals surface area contributed by atoms with Crippen LogP contribution < -0.4 is 10.2 Å². The largest absolute Gasteiger partial charge is 0.354 e. The molecule has 8 nitrogen and oxygen atoms in total. The summed E-state index contributed by atoms with van der Waals surface area (Å²) in [5.74, 6) is 0.586. The van der Waals surface area contributed by atoms with Gasteiger partial charge in [-0.05, 0) is 50.2 Å². The average molecular weight is 484 g/mol. The van der Waals surface area contributed by atoms with Crippen molar-refractivity contribution in [3.05, 3.63) is 65.6 Å². The number of halogens is 1. The van der Waals surface area contributed by atoms with Crippen LogP contribution in [0.2, 0.25) is 0 Å². The van der Waals surface area contributed by atoms with Crippen LogP contribution in [0.3, 0.4) is 0 Å². The SMILES string of the molecule is CC(=O)Nc1ccc(S(=O)(=O)N2CCN(c3nc(-c4cccc(F)c4)nc(C)c3C)CC2)cc1. The predicted octanol–water partition coefficient (Wildman–Crippen LogP) is 3.37. The Hall–Kier alpha value is -3.37. The molecule has 178 valence electrons. The first-order valence-corrected chi connectivity index (χ1v) is 12.3. The van der Waals surface area contributed by atoms with Gasteiger partial charge >= 0.3 is 0 Å². The zero-order valence-electron chi connectivity index (χ0n) is 19.2. The fraction of sp³-hybridized carbons (Fsp3) is 0.292. The number of amides is 1. The molecule has 1 aliphatic heterocycles. The van der Waals surface area contributed by atoms with E-state index < -0.39 is 10.0 Å². The molecule has 2 heterocycles. The molecular formula is C24H26FN5O3S. The normalized spacial score (nSPS) is 14.8. The molecular weight excluding hydrogens is 457 g/mol. The number of hydrogen-bond donors (Lipinski definition) is 1.